The van der Waals surface area contributed by atoms with Crippen LogP contribution in [0.15, 0.2) is 29.1 Å². The number of rotatable bonds is 2. The monoisotopic (exact) mass is 302 g/mol. The lowest BCUT2D eigenvalue weighted by molar-refractivity contribution is 0.0694. The smallest absolute Gasteiger partial charge is 0.337 e. The molecule has 5 nitrogen and oxygen atoms in total. The number of nitriles is 1. The molecule has 0 atom stereocenters. The standard InChI is InChI=1S/C15H11ClN2O3/c1-8-5-13(19)18(9(2)14(8)15(20)21)11-4-3-10(7-17)12(16)6-11/h3-6H,1-2H3,(H,20,21). The maximum Gasteiger partial charge on any atom is 0.337 e. The summed E-state index contributed by atoms with van der Waals surface area (Å²) in [5.41, 5.74) is 1.15. The third-order valence-corrected chi connectivity index (χ3v) is 3.51. The molecule has 2 rings (SSSR count). The fourth-order valence-corrected chi connectivity index (χ4v) is 2.48. The van der Waals surface area contributed by atoms with Crippen LogP contribution in [0.1, 0.15) is 27.2 Å². The molecule has 21 heavy (non-hydrogen) atoms. The van der Waals surface area contributed by atoms with Gasteiger partial charge < -0.3 is 5.11 Å². The van der Waals surface area contributed by atoms with Crippen molar-refractivity contribution >= 4 is 17.6 Å². The Bertz CT molecular complexity index is 847. The van der Waals surface area contributed by atoms with E-state index in [2.05, 4.69) is 0 Å². The zero-order chi connectivity index (χ0) is 15.7. The highest BCUT2D eigenvalue weighted by atomic mass is 35.5. The highest BCUT2D eigenvalue weighted by molar-refractivity contribution is 6.31. The van der Waals surface area contributed by atoms with Crippen LogP contribution in [0.3, 0.4) is 0 Å². The van der Waals surface area contributed by atoms with Crippen molar-refractivity contribution in [3.05, 3.63) is 62.0 Å². The number of benzene rings is 1. The minimum absolute atomic E-state index is 0.0788. The van der Waals surface area contributed by atoms with E-state index in [0.717, 1.165) is 0 Å². The summed E-state index contributed by atoms with van der Waals surface area (Å²) in [5.74, 6) is -1.10. The Morgan fingerprint density at radius 2 is 2.00 bits per heavy atom. The first-order chi connectivity index (χ1) is 9.86. The quantitative estimate of drug-likeness (QED) is 0.924. The molecule has 0 unspecified atom stereocenters. The normalized spacial score (nSPS) is 10.2. The summed E-state index contributed by atoms with van der Waals surface area (Å²) in [6.07, 6.45) is 0. The molecule has 0 saturated heterocycles. The largest absolute Gasteiger partial charge is 0.478 e. The molecule has 2 aromatic rings. The molecule has 1 aromatic carbocycles. The molecule has 0 aliphatic carbocycles. The molecule has 0 spiro atoms. The van der Waals surface area contributed by atoms with Gasteiger partial charge in [0.2, 0.25) is 0 Å². The lowest BCUT2D eigenvalue weighted by Crippen LogP contribution is -2.24. The summed E-state index contributed by atoms with van der Waals surface area (Å²) in [7, 11) is 0. The Balaban J connectivity index is 2.79. The van der Waals surface area contributed by atoms with Gasteiger partial charge in [0, 0.05) is 11.8 Å². The van der Waals surface area contributed by atoms with Crippen LogP contribution >= 0.6 is 11.6 Å². The van der Waals surface area contributed by atoms with Crippen LogP contribution < -0.4 is 5.56 Å². The molecule has 0 saturated carbocycles. The summed E-state index contributed by atoms with van der Waals surface area (Å²) in [4.78, 5) is 23.5. The third kappa shape index (κ3) is 2.54. The SMILES string of the molecule is Cc1cc(=O)n(-c2ccc(C#N)c(Cl)c2)c(C)c1C(=O)O. The van der Waals surface area contributed by atoms with E-state index in [1.54, 1.807) is 19.9 Å². The minimum Gasteiger partial charge on any atom is -0.478 e. The van der Waals surface area contributed by atoms with Crippen LogP contribution in [0, 0.1) is 25.2 Å². The third-order valence-electron chi connectivity index (χ3n) is 3.20. The summed E-state index contributed by atoms with van der Waals surface area (Å²) in [6.45, 7) is 3.14. The number of pyridine rings is 1. The lowest BCUT2D eigenvalue weighted by atomic mass is 10.1. The van der Waals surface area contributed by atoms with Gasteiger partial charge >= 0.3 is 5.97 Å². The number of aromatic carboxylic acids is 1. The number of nitrogens with zero attached hydrogens (tertiary/aromatic N) is 2. The topological polar surface area (TPSA) is 83.1 Å². The summed E-state index contributed by atoms with van der Waals surface area (Å²) >= 11 is 5.96. The average molecular weight is 303 g/mol. The number of carbonyl (C=O) groups is 1. The van der Waals surface area contributed by atoms with Crippen molar-refractivity contribution in [2.45, 2.75) is 13.8 Å². The molecule has 0 radical (unpaired) electrons. The second kappa shape index (κ2) is 5.43. The van der Waals surface area contributed by atoms with E-state index >= 15 is 0 Å². The van der Waals surface area contributed by atoms with E-state index in [1.807, 2.05) is 6.07 Å². The molecule has 1 aromatic heterocycles. The molecular weight excluding hydrogens is 292 g/mol. The number of carboxylic acid groups (broad SMARTS) is 1. The summed E-state index contributed by atoms with van der Waals surface area (Å²) < 4.78 is 1.27. The van der Waals surface area contributed by atoms with Gasteiger partial charge in [0.25, 0.3) is 5.56 Å². The van der Waals surface area contributed by atoms with Gasteiger partial charge in [-0.05, 0) is 37.6 Å². The fraction of sp³-hybridized carbons (Fsp3) is 0.133. The van der Waals surface area contributed by atoms with Crippen LogP contribution in [-0.4, -0.2) is 15.6 Å². The second-order valence-corrected chi connectivity index (χ2v) is 4.95. The first-order valence-electron chi connectivity index (χ1n) is 6.03. The molecule has 0 aliphatic heterocycles. The average Bonchev–Trinajstić information content (AvgIpc) is 2.37. The Kier molecular flexibility index (Phi) is 3.83. The molecule has 0 aliphatic rings. The van der Waals surface area contributed by atoms with Crippen LogP contribution in [0.4, 0.5) is 0 Å². The van der Waals surface area contributed by atoms with E-state index < -0.39 is 5.97 Å². The van der Waals surface area contributed by atoms with E-state index in [9.17, 15) is 14.7 Å². The Morgan fingerprint density at radius 3 is 2.52 bits per heavy atom. The van der Waals surface area contributed by atoms with Gasteiger partial charge in [0.15, 0.2) is 0 Å². The van der Waals surface area contributed by atoms with Crippen molar-refractivity contribution in [3.8, 4) is 11.8 Å². The van der Waals surface area contributed by atoms with Gasteiger partial charge in [-0.2, -0.15) is 5.26 Å². The van der Waals surface area contributed by atoms with Gasteiger partial charge in [-0.1, -0.05) is 11.6 Å². The van der Waals surface area contributed by atoms with E-state index in [0.29, 0.717) is 16.9 Å². The van der Waals surface area contributed by atoms with Crippen molar-refractivity contribution in [1.29, 1.82) is 5.26 Å². The number of hydrogen-bond donors (Lipinski definition) is 1. The minimum atomic E-state index is -1.10. The Labute approximate surface area is 125 Å². The Morgan fingerprint density at radius 1 is 1.33 bits per heavy atom. The number of aryl methyl sites for hydroxylation is 1. The number of carboxylic acids is 1. The predicted octanol–water partition coefficient (Wildman–Crippen LogP) is 2.68. The second-order valence-electron chi connectivity index (χ2n) is 4.54. The number of aromatic nitrogens is 1. The lowest BCUT2D eigenvalue weighted by Gasteiger charge is -2.14. The molecule has 106 valence electrons. The molecule has 0 fully saturated rings. The highest BCUT2D eigenvalue weighted by Gasteiger charge is 2.17. The van der Waals surface area contributed by atoms with Crippen molar-refractivity contribution in [2.24, 2.45) is 0 Å². The maximum atomic E-state index is 12.2. The van der Waals surface area contributed by atoms with E-state index in [-0.39, 0.29) is 21.7 Å². The predicted molar refractivity (Wildman–Crippen MR) is 78.2 cm³/mol. The van der Waals surface area contributed by atoms with Crippen LogP contribution in [0.5, 0.6) is 0 Å². The zero-order valence-electron chi connectivity index (χ0n) is 11.3. The molecule has 6 heteroatoms. The van der Waals surface area contributed by atoms with Crippen LogP contribution in [0.2, 0.25) is 5.02 Å². The summed E-state index contributed by atoms with van der Waals surface area (Å²) in [6, 6.07) is 7.71. The molecule has 0 amide bonds. The van der Waals surface area contributed by atoms with E-state index in [1.165, 1.54) is 22.8 Å². The summed E-state index contributed by atoms with van der Waals surface area (Å²) in [5, 5.41) is 18.3. The van der Waals surface area contributed by atoms with Gasteiger partial charge in [-0.15, -0.1) is 0 Å². The molecule has 0 bridgehead atoms. The van der Waals surface area contributed by atoms with Crippen LogP contribution in [-0.2, 0) is 0 Å². The first kappa shape index (κ1) is 14.8. The van der Waals surface area contributed by atoms with Gasteiger partial charge in [-0.25, -0.2) is 4.79 Å². The van der Waals surface area contributed by atoms with Crippen molar-refractivity contribution in [3.63, 3.8) is 0 Å². The molecular formula is C15H11ClN2O3. The van der Waals surface area contributed by atoms with Gasteiger partial charge in [0.05, 0.1) is 21.8 Å². The van der Waals surface area contributed by atoms with Crippen LogP contribution in [0.25, 0.3) is 5.69 Å². The number of hydrogen-bond acceptors (Lipinski definition) is 3. The first-order valence-corrected chi connectivity index (χ1v) is 6.41. The Hall–Kier alpha value is -2.58. The molecule has 1 N–H and O–H groups in total. The van der Waals surface area contributed by atoms with Crippen molar-refractivity contribution < 1.29 is 9.90 Å². The number of halogens is 1. The zero-order valence-corrected chi connectivity index (χ0v) is 12.1. The van der Waals surface area contributed by atoms with Gasteiger partial charge in [0.1, 0.15) is 6.07 Å². The maximum absolute atomic E-state index is 12.2. The van der Waals surface area contributed by atoms with E-state index in [4.69, 9.17) is 16.9 Å². The van der Waals surface area contributed by atoms with Gasteiger partial charge in [-0.3, -0.25) is 9.36 Å². The highest BCUT2D eigenvalue weighted by Crippen LogP contribution is 2.21. The molecule has 1 heterocycles. The van der Waals surface area contributed by atoms with Crippen molar-refractivity contribution in [2.75, 3.05) is 0 Å². The fourth-order valence-electron chi connectivity index (χ4n) is 2.26. The van der Waals surface area contributed by atoms with Crippen molar-refractivity contribution in [1.82, 2.24) is 4.57 Å².